The molecular weight excluding hydrogens is 384 g/mol. The zero-order chi connectivity index (χ0) is 22.6. The number of aliphatic hydroxyl groups excluding tert-OH is 5. The molecule has 0 amide bonds. The van der Waals surface area contributed by atoms with Crippen LogP contribution in [0.5, 0.6) is 0 Å². The van der Waals surface area contributed by atoms with Crippen molar-refractivity contribution in [1.29, 1.82) is 0 Å². The van der Waals surface area contributed by atoms with Gasteiger partial charge < -0.3 is 25.5 Å². The molecule has 0 aliphatic carbocycles. The smallest absolute Gasteiger partial charge is 0.166 e. The minimum atomic E-state index is -1.66. The second kappa shape index (κ2) is 20.4. The van der Waals surface area contributed by atoms with Gasteiger partial charge in [0.2, 0.25) is 0 Å². The number of rotatable bonds is 22. The standard InChI is InChI=1S/C24H48O6/c1-2-3-4-5-6-7-8-9-10-11-12-15-20(26)16-13-14-17-21(27)18-22(28)24(30)23(29)19-25/h20-21,23-27,29-30H,2-19H2,1H3. The molecule has 30 heavy (non-hydrogen) atoms. The van der Waals surface area contributed by atoms with Gasteiger partial charge >= 0.3 is 0 Å². The molecule has 0 aliphatic heterocycles. The predicted molar refractivity (Wildman–Crippen MR) is 120 cm³/mol. The van der Waals surface area contributed by atoms with E-state index in [1.165, 1.54) is 64.2 Å². The first kappa shape index (κ1) is 29.5. The van der Waals surface area contributed by atoms with E-state index in [4.69, 9.17) is 5.11 Å². The molecule has 0 rings (SSSR count). The van der Waals surface area contributed by atoms with E-state index < -0.39 is 30.7 Å². The second-order valence-corrected chi connectivity index (χ2v) is 8.78. The van der Waals surface area contributed by atoms with E-state index in [1.54, 1.807) is 0 Å². The number of carbonyl (C=O) groups excluding carboxylic acids is 1. The average Bonchev–Trinajstić information content (AvgIpc) is 2.73. The van der Waals surface area contributed by atoms with E-state index in [0.717, 1.165) is 19.3 Å². The van der Waals surface area contributed by atoms with Gasteiger partial charge in [0.15, 0.2) is 5.78 Å². The molecule has 0 bridgehead atoms. The Morgan fingerprint density at radius 2 is 1.03 bits per heavy atom. The summed E-state index contributed by atoms with van der Waals surface area (Å²) in [5.74, 6) is -0.666. The van der Waals surface area contributed by atoms with E-state index in [9.17, 15) is 25.2 Å². The summed E-state index contributed by atoms with van der Waals surface area (Å²) in [4.78, 5) is 11.7. The lowest BCUT2D eigenvalue weighted by Gasteiger charge is -2.17. The summed E-state index contributed by atoms with van der Waals surface area (Å²) in [6, 6.07) is 0. The van der Waals surface area contributed by atoms with Gasteiger partial charge in [-0.3, -0.25) is 4.79 Å². The van der Waals surface area contributed by atoms with Crippen molar-refractivity contribution in [2.75, 3.05) is 6.61 Å². The van der Waals surface area contributed by atoms with Gasteiger partial charge in [0.05, 0.1) is 18.8 Å². The number of carbonyl (C=O) groups is 1. The Morgan fingerprint density at radius 1 is 0.633 bits per heavy atom. The Kier molecular flexibility index (Phi) is 20.0. The van der Waals surface area contributed by atoms with Crippen LogP contribution in [0.3, 0.4) is 0 Å². The van der Waals surface area contributed by atoms with Crippen molar-refractivity contribution >= 4 is 5.78 Å². The Labute approximate surface area is 183 Å². The third-order valence-electron chi connectivity index (χ3n) is 5.78. The van der Waals surface area contributed by atoms with Crippen molar-refractivity contribution in [3.8, 4) is 0 Å². The van der Waals surface area contributed by atoms with Crippen LogP contribution in [0.25, 0.3) is 0 Å². The molecule has 0 saturated carbocycles. The number of hydrogen-bond donors (Lipinski definition) is 5. The van der Waals surface area contributed by atoms with E-state index in [2.05, 4.69) is 6.92 Å². The number of Topliss-reactive ketones (excluding diaryl/α,β-unsaturated/α-hetero) is 1. The third-order valence-corrected chi connectivity index (χ3v) is 5.78. The van der Waals surface area contributed by atoms with Crippen molar-refractivity contribution in [2.45, 2.75) is 140 Å². The van der Waals surface area contributed by atoms with E-state index >= 15 is 0 Å². The highest BCUT2D eigenvalue weighted by atomic mass is 16.4. The molecular formula is C24H48O6. The number of hydrogen-bond acceptors (Lipinski definition) is 6. The molecule has 0 fully saturated rings. The van der Waals surface area contributed by atoms with Crippen LogP contribution < -0.4 is 0 Å². The van der Waals surface area contributed by atoms with Gasteiger partial charge in [0.25, 0.3) is 0 Å². The fraction of sp³-hybridized carbons (Fsp3) is 0.958. The summed E-state index contributed by atoms with van der Waals surface area (Å²) in [5, 5.41) is 47.4. The molecule has 0 spiro atoms. The Bertz CT molecular complexity index is 390. The van der Waals surface area contributed by atoms with Crippen molar-refractivity contribution in [3.63, 3.8) is 0 Å². The zero-order valence-electron chi connectivity index (χ0n) is 19.2. The number of unbranched alkanes of at least 4 members (excludes halogenated alkanes) is 11. The molecule has 0 aromatic carbocycles. The molecule has 0 aromatic heterocycles. The molecule has 0 saturated heterocycles. The highest BCUT2D eigenvalue weighted by Gasteiger charge is 2.25. The lowest BCUT2D eigenvalue weighted by molar-refractivity contribution is -0.136. The highest BCUT2D eigenvalue weighted by molar-refractivity contribution is 5.83. The molecule has 0 radical (unpaired) electrons. The maximum atomic E-state index is 11.7. The number of aliphatic hydroxyl groups is 5. The first-order chi connectivity index (χ1) is 14.4. The van der Waals surface area contributed by atoms with Crippen molar-refractivity contribution in [1.82, 2.24) is 0 Å². The molecule has 4 unspecified atom stereocenters. The molecule has 0 aromatic rings. The van der Waals surface area contributed by atoms with E-state index in [0.29, 0.717) is 19.3 Å². The third kappa shape index (κ3) is 17.2. The summed E-state index contributed by atoms with van der Waals surface area (Å²) in [7, 11) is 0. The minimum absolute atomic E-state index is 0.237. The van der Waals surface area contributed by atoms with Crippen molar-refractivity contribution < 1.29 is 30.3 Å². The van der Waals surface area contributed by atoms with Crippen LogP contribution in [0.2, 0.25) is 0 Å². The molecule has 0 heterocycles. The van der Waals surface area contributed by atoms with Gasteiger partial charge in [0.1, 0.15) is 12.2 Å². The Hall–Kier alpha value is -0.530. The normalized spacial score (nSPS) is 15.7. The van der Waals surface area contributed by atoms with Crippen LogP contribution in [0, 0.1) is 0 Å². The second-order valence-electron chi connectivity index (χ2n) is 8.78. The summed E-state index contributed by atoms with van der Waals surface area (Å²) in [5.41, 5.74) is 0. The minimum Gasteiger partial charge on any atom is -0.394 e. The molecule has 180 valence electrons. The summed E-state index contributed by atoms with van der Waals surface area (Å²) in [6.45, 7) is 1.55. The first-order valence-electron chi connectivity index (χ1n) is 12.3. The van der Waals surface area contributed by atoms with E-state index in [-0.39, 0.29) is 12.5 Å². The fourth-order valence-corrected chi connectivity index (χ4v) is 3.72. The lowest BCUT2D eigenvalue weighted by atomic mass is 9.99. The van der Waals surface area contributed by atoms with Gasteiger partial charge in [0, 0.05) is 6.42 Å². The van der Waals surface area contributed by atoms with Gasteiger partial charge in [-0.1, -0.05) is 90.4 Å². The molecule has 4 atom stereocenters. The fourth-order valence-electron chi connectivity index (χ4n) is 3.72. The average molecular weight is 433 g/mol. The summed E-state index contributed by atoms with van der Waals surface area (Å²) >= 11 is 0. The van der Waals surface area contributed by atoms with Crippen LogP contribution in [-0.2, 0) is 4.79 Å². The monoisotopic (exact) mass is 432 g/mol. The van der Waals surface area contributed by atoms with Gasteiger partial charge in [-0.05, 0) is 19.3 Å². The molecule has 0 aliphatic rings. The maximum Gasteiger partial charge on any atom is 0.166 e. The topological polar surface area (TPSA) is 118 Å². The van der Waals surface area contributed by atoms with Gasteiger partial charge in [-0.2, -0.15) is 0 Å². The SMILES string of the molecule is CCCCCCCCCCCCCC(O)CCCCC(O)CC(=O)C(O)C(O)CO. The molecule has 6 nitrogen and oxygen atoms in total. The van der Waals surface area contributed by atoms with Crippen LogP contribution in [0.4, 0.5) is 0 Å². The van der Waals surface area contributed by atoms with Crippen LogP contribution in [0.15, 0.2) is 0 Å². The highest BCUT2D eigenvalue weighted by Crippen LogP contribution is 2.15. The summed E-state index contributed by atoms with van der Waals surface area (Å²) < 4.78 is 0. The largest absolute Gasteiger partial charge is 0.394 e. The number of ketones is 1. The van der Waals surface area contributed by atoms with Crippen molar-refractivity contribution in [3.05, 3.63) is 0 Å². The van der Waals surface area contributed by atoms with Crippen LogP contribution in [0.1, 0.15) is 116 Å². The van der Waals surface area contributed by atoms with Crippen molar-refractivity contribution in [2.24, 2.45) is 0 Å². The zero-order valence-corrected chi connectivity index (χ0v) is 19.2. The molecule has 6 heteroatoms. The Morgan fingerprint density at radius 3 is 1.50 bits per heavy atom. The van der Waals surface area contributed by atoms with E-state index in [1.807, 2.05) is 0 Å². The lowest BCUT2D eigenvalue weighted by Crippen LogP contribution is -2.37. The van der Waals surface area contributed by atoms with Gasteiger partial charge in [-0.15, -0.1) is 0 Å². The predicted octanol–water partition coefficient (Wildman–Crippen LogP) is 3.64. The first-order valence-corrected chi connectivity index (χ1v) is 12.3. The van der Waals surface area contributed by atoms with Gasteiger partial charge in [-0.25, -0.2) is 0 Å². The Balaban J connectivity index is 3.50. The van der Waals surface area contributed by atoms with Crippen LogP contribution in [-0.4, -0.2) is 62.3 Å². The molecule has 5 N–H and O–H groups in total. The summed E-state index contributed by atoms with van der Waals surface area (Å²) in [6.07, 6.45) is 13.1. The quantitative estimate of drug-likeness (QED) is 0.167. The van der Waals surface area contributed by atoms with Crippen LogP contribution >= 0.6 is 0 Å². The maximum absolute atomic E-state index is 11.7.